The Morgan fingerprint density at radius 2 is 1.94 bits per heavy atom. The zero-order chi connectivity index (χ0) is 13.1. The molecule has 1 aromatic heterocycles. The van der Waals surface area contributed by atoms with Gasteiger partial charge in [-0.05, 0) is 66.4 Å². The maximum absolute atomic E-state index is 6.13. The summed E-state index contributed by atoms with van der Waals surface area (Å²) in [4.78, 5) is 1.30. The first-order valence-corrected chi connectivity index (χ1v) is 7.92. The molecule has 0 aliphatic carbocycles. The largest absolute Gasteiger partial charge is 0.327 e. The average molecular weight is 277 g/mol. The SMILES string of the molecule is Cc1ccc(SC(c2ccsc2)C(C)N)cc1C. The normalized spacial score (nSPS) is 14.4. The Labute approximate surface area is 117 Å². The summed E-state index contributed by atoms with van der Waals surface area (Å²) in [6.07, 6.45) is 0. The van der Waals surface area contributed by atoms with E-state index in [-0.39, 0.29) is 6.04 Å². The van der Waals surface area contributed by atoms with Crippen molar-refractivity contribution in [3.63, 3.8) is 0 Å². The number of thioether (sulfide) groups is 1. The molecule has 0 saturated heterocycles. The molecule has 96 valence electrons. The third-order valence-electron chi connectivity index (χ3n) is 3.09. The van der Waals surface area contributed by atoms with E-state index in [0.29, 0.717) is 5.25 Å². The van der Waals surface area contributed by atoms with Crippen molar-refractivity contribution in [2.45, 2.75) is 37.0 Å². The zero-order valence-corrected chi connectivity index (χ0v) is 12.6. The first kappa shape index (κ1) is 13.7. The van der Waals surface area contributed by atoms with Crippen LogP contribution in [0.4, 0.5) is 0 Å². The number of benzene rings is 1. The van der Waals surface area contributed by atoms with Gasteiger partial charge in [0.2, 0.25) is 0 Å². The van der Waals surface area contributed by atoms with Gasteiger partial charge in [0.15, 0.2) is 0 Å². The highest BCUT2D eigenvalue weighted by atomic mass is 32.2. The predicted molar refractivity (Wildman–Crippen MR) is 82.5 cm³/mol. The Bertz CT molecular complexity index is 503. The monoisotopic (exact) mass is 277 g/mol. The smallest absolute Gasteiger partial charge is 0.0501 e. The van der Waals surface area contributed by atoms with Gasteiger partial charge in [0.05, 0.1) is 5.25 Å². The molecule has 0 bridgehead atoms. The molecule has 3 heteroatoms. The molecule has 0 radical (unpaired) electrons. The summed E-state index contributed by atoms with van der Waals surface area (Å²) in [7, 11) is 0. The van der Waals surface area contributed by atoms with Gasteiger partial charge in [-0.1, -0.05) is 6.07 Å². The van der Waals surface area contributed by atoms with Gasteiger partial charge < -0.3 is 5.73 Å². The standard InChI is InChI=1S/C15H19NS2/c1-10-4-5-14(8-11(10)2)18-15(12(3)16)13-6-7-17-9-13/h4-9,12,15H,16H2,1-3H3. The van der Waals surface area contributed by atoms with Gasteiger partial charge in [0.25, 0.3) is 0 Å². The number of hydrogen-bond donors (Lipinski definition) is 1. The molecule has 2 aromatic rings. The second-order valence-corrected chi connectivity index (χ2v) is 6.70. The highest BCUT2D eigenvalue weighted by molar-refractivity contribution is 7.99. The maximum atomic E-state index is 6.13. The number of aryl methyl sites for hydroxylation is 2. The summed E-state index contributed by atoms with van der Waals surface area (Å²) in [6, 6.07) is 8.94. The Morgan fingerprint density at radius 3 is 2.50 bits per heavy atom. The molecule has 1 aromatic carbocycles. The lowest BCUT2D eigenvalue weighted by atomic mass is 10.1. The lowest BCUT2D eigenvalue weighted by molar-refractivity contribution is 0.723. The van der Waals surface area contributed by atoms with E-state index in [2.05, 4.69) is 55.8 Å². The molecule has 0 saturated carbocycles. The van der Waals surface area contributed by atoms with Crippen molar-refractivity contribution < 1.29 is 0 Å². The summed E-state index contributed by atoms with van der Waals surface area (Å²) in [5, 5.41) is 4.65. The van der Waals surface area contributed by atoms with Crippen LogP contribution in [0.3, 0.4) is 0 Å². The van der Waals surface area contributed by atoms with Gasteiger partial charge in [-0.25, -0.2) is 0 Å². The van der Waals surface area contributed by atoms with E-state index in [9.17, 15) is 0 Å². The topological polar surface area (TPSA) is 26.0 Å². The number of hydrogen-bond acceptors (Lipinski definition) is 3. The Morgan fingerprint density at radius 1 is 1.17 bits per heavy atom. The van der Waals surface area contributed by atoms with Gasteiger partial charge in [-0.15, -0.1) is 11.8 Å². The Hall–Kier alpha value is -0.770. The molecule has 2 N–H and O–H groups in total. The van der Waals surface area contributed by atoms with Crippen molar-refractivity contribution >= 4 is 23.1 Å². The van der Waals surface area contributed by atoms with Crippen molar-refractivity contribution in [2.75, 3.05) is 0 Å². The fourth-order valence-electron chi connectivity index (χ4n) is 1.85. The molecule has 1 heterocycles. The van der Waals surface area contributed by atoms with Crippen molar-refractivity contribution in [2.24, 2.45) is 5.73 Å². The van der Waals surface area contributed by atoms with E-state index in [0.717, 1.165) is 0 Å². The molecule has 0 spiro atoms. The summed E-state index contributed by atoms with van der Waals surface area (Å²) < 4.78 is 0. The Kier molecular flexibility index (Phi) is 4.49. The highest BCUT2D eigenvalue weighted by Gasteiger charge is 2.18. The van der Waals surface area contributed by atoms with Crippen molar-refractivity contribution in [3.8, 4) is 0 Å². The van der Waals surface area contributed by atoms with Crippen LogP contribution in [0.15, 0.2) is 39.9 Å². The maximum Gasteiger partial charge on any atom is 0.0501 e. The van der Waals surface area contributed by atoms with Crippen LogP contribution in [0.1, 0.15) is 28.9 Å². The van der Waals surface area contributed by atoms with Crippen LogP contribution in [0.2, 0.25) is 0 Å². The number of rotatable bonds is 4. The molecule has 2 rings (SSSR count). The van der Waals surface area contributed by atoms with Gasteiger partial charge in [-0.2, -0.15) is 11.3 Å². The number of thiophene rings is 1. The molecular weight excluding hydrogens is 258 g/mol. The minimum atomic E-state index is 0.145. The molecule has 18 heavy (non-hydrogen) atoms. The molecule has 0 aliphatic heterocycles. The van der Waals surface area contributed by atoms with E-state index < -0.39 is 0 Å². The minimum Gasteiger partial charge on any atom is -0.327 e. The van der Waals surface area contributed by atoms with E-state index in [1.807, 2.05) is 11.8 Å². The number of nitrogens with two attached hydrogens (primary N) is 1. The van der Waals surface area contributed by atoms with Crippen LogP contribution in [-0.4, -0.2) is 6.04 Å². The summed E-state index contributed by atoms with van der Waals surface area (Å²) >= 11 is 3.59. The zero-order valence-electron chi connectivity index (χ0n) is 11.0. The quantitative estimate of drug-likeness (QED) is 0.830. The van der Waals surface area contributed by atoms with Crippen LogP contribution >= 0.6 is 23.1 Å². The third-order valence-corrected chi connectivity index (χ3v) is 5.27. The third kappa shape index (κ3) is 3.16. The van der Waals surface area contributed by atoms with Crippen molar-refractivity contribution in [1.29, 1.82) is 0 Å². The molecule has 0 amide bonds. The van der Waals surface area contributed by atoms with Crippen LogP contribution in [0.25, 0.3) is 0 Å². The van der Waals surface area contributed by atoms with E-state index >= 15 is 0 Å². The van der Waals surface area contributed by atoms with Gasteiger partial charge in [0.1, 0.15) is 0 Å². The molecule has 2 unspecified atom stereocenters. The van der Waals surface area contributed by atoms with Crippen molar-refractivity contribution in [3.05, 3.63) is 51.7 Å². The lowest BCUT2D eigenvalue weighted by Gasteiger charge is -2.20. The molecule has 0 aliphatic rings. The first-order chi connectivity index (χ1) is 8.58. The lowest BCUT2D eigenvalue weighted by Crippen LogP contribution is -2.22. The summed E-state index contributed by atoms with van der Waals surface area (Å²) in [5.74, 6) is 0. The van der Waals surface area contributed by atoms with Gasteiger partial charge >= 0.3 is 0 Å². The van der Waals surface area contributed by atoms with E-state index in [1.54, 1.807) is 11.3 Å². The van der Waals surface area contributed by atoms with Crippen molar-refractivity contribution in [1.82, 2.24) is 0 Å². The Balaban J connectivity index is 2.21. The summed E-state index contributed by atoms with van der Waals surface area (Å²) in [6.45, 7) is 6.38. The van der Waals surface area contributed by atoms with Gasteiger partial charge in [-0.3, -0.25) is 0 Å². The van der Waals surface area contributed by atoms with Crippen LogP contribution in [-0.2, 0) is 0 Å². The molecule has 2 atom stereocenters. The molecule has 1 nitrogen and oxygen atoms in total. The molecular formula is C15H19NS2. The second kappa shape index (κ2) is 5.91. The predicted octanol–water partition coefficient (Wildman–Crippen LogP) is 4.55. The second-order valence-electron chi connectivity index (χ2n) is 4.70. The molecule has 0 fully saturated rings. The minimum absolute atomic E-state index is 0.145. The first-order valence-electron chi connectivity index (χ1n) is 6.09. The van der Waals surface area contributed by atoms with Crippen LogP contribution in [0, 0.1) is 13.8 Å². The van der Waals surface area contributed by atoms with E-state index in [4.69, 9.17) is 5.73 Å². The van der Waals surface area contributed by atoms with Crippen LogP contribution < -0.4 is 5.73 Å². The van der Waals surface area contributed by atoms with E-state index in [1.165, 1.54) is 21.6 Å². The fourth-order valence-corrected chi connectivity index (χ4v) is 3.81. The highest BCUT2D eigenvalue weighted by Crippen LogP contribution is 2.38. The van der Waals surface area contributed by atoms with Crippen LogP contribution in [0.5, 0.6) is 0 Å². The van der Waals surface area contributed by atoms with Gasteiger partial charge in [0, 0.05) is 10.9 Å². The summed E-state index contributed by atoms with van der Waals surface area (Å²) in [5.41, 5.74) is 10.1. The average Bonchev–Trinajstić information content (AvgIpc) is 2.83. The fraction of sp³-hybridized carbons (Fsp3) is 0.333.